The number of nitrogens with one attached hydrogen (secondary N) is 4. The number of fused-ring (bicyclic) bond motifs is 1. The third-order valence-corrected chi connectivity index (χ3v) is 18.4. The number of β-amino-alcohol motifs (C(OH)–C–C–N with tert-alkyl or cyclic N) is 1. The average molecular weight is 1130 g/mol. The molecule has 3 aromatic carbocycles. The highest BCUT2D eigenvalue weighted by Gasteiger charge is 2.45. The lowest BCUT2D eigenvalue weighted by Crippen LogP contribution is -2.59. The van der Waals surface area contributed by atoms with Crippen LogP contribution in [0.4, 0.5) is 20.2 Å². The SMILES string of the molecule is Cc1ncsc1-c1ccc(CNC(=O)[C@@H]2C[C@@H](O)CN2C(=O)C(NC(=O)CN2CCC(CN3CCN(c4ccc(-c5cnc6[nH]cc(C(=O)c7cccc(NS(=O)(=O)N8CC[C@@H](F)C8)c7F)c6c5)cc4)CC3)CC2)C(C)(C)C)cc1. The standard InChI is InChI=1S/C58H69F2N11O7S2/c1-36-53(79-35-64-36)40-10-8-37(9-11-40)28-63-56(75)49-27-44(72)33-71(49)57(76)54(58(2,3)4)65-50(73)34-67-19-16-38(17-20-67)31-68-22-24-69(25-23-68)43-14-12-39(13-15-43)41-26-46-47(30-62-55(46)61-29-41)52(74)45-6-5-7-48(51(45)60)66-80(77,78)70-21-18-42(59)32-70/h5-15,26,29-30,35,38,42,44,49,54,66,72H,16-25,27-28,31-34H2,1-4H3,(H,61,62)(H,63,75)(H,65,73)/t42-,44-,49+,54?/m1/s1. The molecule has 0 saturated carbocycles. The van der Waals surface area contributed by atoms with Crippen LogP contribution in [-0.2, 0) is 31.1 Å². The Bertz CT molecular complexity index is 3340. The molecule has 6 aromatic rings. The highest BCUT2D eigenvalue weighted by molar-refractivity contribution is 7.90. The normalized spacial score (nSPS) is 20.3. The molecule has 4 aliphatic heterocycles. The molecule has 4 fully saturated rings. The first-order valence-electron chi connectivity index (χ1n) is 27.4. The van der Waals surface area contributed by atoms with Crippen LogP contribution in [-0.4, -0.2) is 167 Å². The quantitative estimate of drug-likeness (QED) is 0.0630. The molecule has 80 heavy (non-hydrogen) atoms. The van der Waals surface area contributed by atoms with E-state index in [9.17, 15) is 37.1 Å². The van der Waals surface area contributed by atoms with Gasteiger partial charge in [-0.3, -0.25) is 33.7 Å². The van der Waals surface area contributed by atoms with Crippen LogP contribution < -0.4 is 20.3 Å². The van der Waals surface area contributed by atoms with Gasteiger partial charge >= 0.3 is 10.2 Å². The molecule has 3 amide bonds. The van der Waals surface area contributed by atoms with Gasteiger partial charge in [-0.25, -0.2) is 18.7 Å². The molecule has 22 heteroatoms. The number of carbonyl (C=O) groups excluding carboxylic acids is 4. The Balaban J connectivity index is 0.673. The van der Waals surface area contributed by atoms with E-state index in [0.29, 0.717) is 17.0 Å². The molecule has 0 bridgehead atoms. The number of carbonyl (C=O) groups is 4. The van der Waals surface area contributed by atoms with Crippen LogP contribution in [0, 0.1) is 24.1 Å². The number of hydrogen-bond acceptors (Lipinski definition) is 13. The van der Waals surface area contributed by atoms with E-state index in [1.165, 1.54) is 29.3 Å². The van der Waals surface area contributed by atoms with Gasteiger partial charge in [0, 0.05) is 99.9 Å². The average Bonchev–Trinajstić information content (AvgIpc) is 4.33. The summed E-state index contributed by atoms with van der Waals surface area (Å²) in [6.45, 7) is 13.7. The topological polar surface area (TPSA) is 217 Å². The van der Waals surface area contributed by atoms with E-state index in [1.54, 1.807) is 17.5 Å². The van der Waals surface area contributed by atoms with E-state index in [2.05, 4.69) is 57.1 Å². The monoisotopic (exact) mass is 1130 g/mol. The highest BCUT2D eigenvalue weighted by Crippen LogP contribution is 2.33. The molecule has 5 N–H and O–H groups in total. The van der Waals surface area contributed by atoms with Crippen molar-refractivity contribution in [2.45, 2.75) is 84.3 Å². The minimum atomic E-state index is -4.24. The minimum absolute atomic E-state index is 0.00765. The van der Waals surface area contributed by atoms with Gasteiger partial charge in [0.2, 0.25) is 17.7 Å². The predicted octanol–water partition coefficient (Wildman–Crippen LogP) is 6.38. The number of anilines is 2. The van der Waals surface area contributed by atoms with E-state index >= 15 is 4.39 Å². The Labute approximate surface area is 469 Å². The maximum Gasteiger partial charge on any atom is 0.301 e. The summed E-state index contributed by atoms with van der Waals surface area (Å²) >= 11 is 1.58. The largest absolute Gasteiger partial charge is 0.391 e. The van der Waals surface area contributed by atoms with Crippen molar-refractivity contribution in [2.24, 2.45) is 11.3 Å². The van der Waals surface area contributed by atoms with Crippen molar-refractivity contribution in [3.8, 4) is 21.6 Å². The second-order valence-corrected chi connectivity index (χ2v) is 25.2. The van der Waals surface area contributed by atoms with E-state index in [0.717, 1.165) is 101 Å². The van der Waals surface area contributed by atoms with Crippen molar-refractivity contribution >= 4 is 67.5 Å². The van der Waals surface area contributed by atoms with Crippen LogP contribution in [0.1, 0.15) is 73.6 Å². The summed E-state index contributed by atoms with van der Waals surface area (Å²) < 4.78 is 58.4. The minimum Gasteiger partial charge on any atom is -0.391 e. The number of benzene rings is 3. The number of aliphatic hydroxyl groups is 1. The zero-order chi connectivity index (χ0) is 56.5. The molecule has 4 saturated heterocycles. The van der Waals surface area contributed by atoms with Crippen molar-refractivity contribution in [2.75, 3.05) is 81.6 Å². The Hall–Kier alpha value is -6.69. The number of aryl methyl sites for hydroxylation is 1. The van der Waals surface area contributed by atoms with Gasteiger partial charge in [-0.2, -0.15) is 12.7 Å². The number of alkyl halides is 1. The molecule has 0 spiro atoms. The lowest BCUT2D eigenvalue weighted by atomic mass is 9.85. The predicted molar refractivity (Wildman–Crippen MR) is 304 cm³/mol. The third-order valence-electron chi connectivity index (χ3n) is 15.9. The van der Waals surface area contributed by atoms with Crippen molar-refractivity contribution in [3.63, 3.8) is 0 Å². The maximum atomic E-state index is 15.8. The number of H-pyrrole nitrogens is 1. The summed E-state index contributed by atoms with van der Waals surface area (Å²) in [6, 6.07) is 20.0. The Kier molecular flexibility index (Phi) is 16.8. The number of piperazine rings is 1. The zero-order valence-corrected chi connectivity index (χ0v) is 47.1. The van der Waals surface area contributed by atoms with E-state index in [-0.39, 0.29) is 74.4 Å². The molecule has 424 valence electrons. The summed E-state index contributed by atoms with van der Waals surface area (Å²) in [5.41, 5.74) is 6.67. The second-order valence-electron chi connectivity index (χ2n) is 22.7. The van der Waals surface area contributed by atoms with Crippen LogP contribution in [0.3, 0.4) is 0 Å². The van der Waals surface area contributed by atoms with Crippen LogP contribution in [0.2, 0.25) is 0 Å². The summed E-state index contributed by atoms with van der Waals surface area (Å²) in [7, 11) is -4.24. The zero-order valence-electron chi connectivity index (χ0n) is 45.5. The highest BCUT2D eigenvalue weighted by atomic mass is 32.2. The molecule has 1 unspecified atom stereocenters. The molecule has 10 rings (SSSR count). The molecule has 0 radical (unpaired) electrons. The van der Waals surface area contributed by atoms with Gasteiger partial charge in [0.1, 0.15) is 23.9 Å². The number of likely N-dealkylation sites (tertiary alicyclic amines) is 2. The Morgan fingerprint density at radius 2 is 1.59 bits per heavy atom. The molecule has 18 nitrogen and oxygen atoms in total. The Morgan fingerprint density at radius 3 is 2.26 bits per heavy atom. The number of rotatable bonds is 17. The lowest BCUT2D eigenvalue weighted by molar-refractivity contribution is -0.144. The van der Waals surface area contributed by atoms with Crippen LogP contribution in [0.25, 0.3) is 32.6 Å². The number of amides is 3. The first kappa shape index (κ1) is 56.6. The smallest absolute Gasteiger partial charge is 0.301 e. The Morgan fingerprint density at radius 1 is 0.863 bits per heavy atom. The van der Waals surface area contributed by atoms with Gasteiger partial charge in [0.25, 0.3) is 0 Å². The maximum absolute atomic E-state index is 15.8. The van der Waals surface area contributed by atoms with E-state index in [4.69, 9.17) is 0 Å². The lowest BCUT2D eigenvalue weighted by Gasteiger charge is -2.40. The van der Waals surface area contributed by atoms with Crippen LogP contribution in [0.15, 0.2) is 90.7 Å². The third kappa shape index (κ3) is 12.7. The summed E-state index contributed by atoms with van der Waals surface area (Å²) in [5.74, 6) is -2.19. The van der Waals surface area contributed by atoms with Crippen LogP contribution in [0.5, 0.6) is 0 Å². The number of piperidine rings is 1. The number of halogens is 2. The fourth-order valence-electron chi connectivity index (χ4n) is 11.3. The van der Waals surface area contributed by atoms with Gasteiger partial charge in [-0.05, 0) is 97.6 Å². The summed E-state index contributed by atoms with van der Waals surface area (Å²) in [6.07, 6.45) is 3.08. The fraction of sp³-hybridized carbons (Fsp3) is 0.448. The van der Waals surface area contributed by atoms with Gasteiger partial charge in [0.05, 0.1) is 40.0 Å². The number of aromatic nitrogens is 3. The van der Waals surface area contributed by atoms with E-state index < -0.39 is 57.3 Å². The summed E-state index contributed by atoms with van der Waals surface area (Å²) in [4.78, 5) is 76.7. The molecule has 4 aliphatic rings. The molecule has 7 heterocycles. The van der Waals surface area contributed by atoms with Crippen molar-refractivity contribution in [1.82, 2.24) is 44.6 Å². The van der Waals surface area contributed by atoms with Crippen LogP contribution >= 0.6 is 11.3 Å². The number of pyridine rings is 1. The first-order valence-corrected chi connectivity index (χ1v) is 29.7. The molecular formula is C58H69F2N11O7S2. The molecular weight excluding hydrogens is 1060 g/mol. The van der Waals surface area contributed by atoms with E-state index in [1.807, 2.05) is 75.7 Å². The number of aliphatic hydroxyl groups excluding tert-OH is 1. The number of ketones is 1. The van der Waals surface area contributed by atoms with Crippen molar-refractivity contribution in [3.05, 3.63) is 119 Å². The number of aromatic amines is 1. The second kappa shape index (κ2) is 23.8. The van der Waals surface area contributed by atoms with Gasteiger partial charge in [-0.1, -0.05) is 63.2 Å². The van der Waals surface area contributed by atoms with Crippen molar-refractivity contribution < 1.29 is 41.5 Å². The first-order chi connectivity index (χ1) is 38.3. The number of hydrogen-bond donors (Lipinski definition) is 5. The molecule has 0 aliphatic carbocycles. The summed E-state index contributed by atoms with van der Waals surface area (Å²) in [5, 5.41) is 17.2. The fourth-order valence-corrected chi connectivity index (χ4v) is 13.4. The number of nitrogens with zero attached hydrogens (tertiary/aromatic N) is 7. The molecule has 4 atom stereocenters. The molecule has 3 aromatic heterocycles. The van der Waals surface area contributed by atoms with Gasteiger partial charge in [-0.15, -0.1) is 11.3 Å². The van der Waals surface area contributed by atoms with Gasteiger partial charge in [0.15, 0.2) is 11.6 Å². The van der Waals surface area contributed by atoms with Crippen molar-refractivity contribution in [1.29, 1.82) is 0 Å². The number of thiazole rings is 1. The van der Waals surface area contributed by atoms with Gasteiger partial charge < -0.3 is 30.5 Å².